The highest BCUT2D eigenvalue weighted by atomic mass is 14.2. The van der Waals surface area contributed by atoms with Gasteiger partial charge in [-0.3, -0.25) is 0 Å². The van der Waals surface area contributed by atoms with E-state index in [1.807, 2.05) is 0 Å². The molecule has 0 unspecified atom stereocenters. The maximum atomic E-state index is 4.13. The Balaban J connectivity index is 2.34. The smallest absolute Gasteiger partial charge is 0.00827 e. The van der Waals surface area contributed by atoms with Crippen LogP contribution in [0, 0.1) is 0 Å². The van der Waals surface area contributed by atoms with Crippen LogP contribution in [0.2, 0.25) is 0 Å². The van der Waals surface area contributed by atoms with Crippen LogP contribution in [0.15, 0.2) is 58.2 Å². The lowest BCUT2D eigenvalue weighted by Crippen LogP contribution is -1.91. The van der Waals surface area contributed by atoms with Crippen LogP contribution in [0.5, 0.6) is 0 Å². The molecule has 14 heavy (non-hydrogen) atoms. The van der Waals surface area contributed by atoms with E-state index in [0.29, 0.717) is 0 Å². The Morgan fingerprint density at radius 3 is 2.21 bits per heavy atom. The third-order valence-corrected chi connectivity index (χ3v) is 3.28. The second-order valence-electron chi connectivity index (χ2n) is 4.10. The number of rotatable bonds is 1. The van der Waals surface area contributed by atoms with Crippen molar-refractivity contribution in [3.8, 4) is 0 Å². The fraction of sp³-hybridized carbons (Fsp3) is 0.286. The molecule has 0 heteroatoms. The number of hydrogen-bond donors (Lipinski definition) is 0. The lowest BCUT2D eigenvalue weighted by Gasteiger charge is -2.09. The lowest BCUT2D eigenvalue weighted by molar-refractivity contribution is 1.23. The highest BCUT2D eigenvalue weighted by Gasteiger charge is 2.19. The summed E-state index contributed by atoms with van der Waals surface area (Å²) in [5.41, 5.74) is 8.14. The first-order valence-electron chi connectivity index (χ1n) is 5.06. The van der Waals surface area contributed by atoms with Crippen LogP contribution in [0.4, 0.5) is 0 Å². The fourth-order valence-corrected chi connectivity index (χ4v) is 2.02. The molecule has 72 valence electrons. The first-order chi connectivity index (χ1) is 6.61. The van der Waals surface area contributed by atoms with Crippen molar-refractivity contribution in [3.05, 3.63) is 58.2 Å². The summed E-state index contributed by atoms with van der Waals surface area (Å²) in [5.74, 6) is 0. The molecule has 0 aromatic rings. The third kappa shape index (κ3) is 1.22. The summed E-state index contributed by atoms with van der Waals surface area (Å²) in [5, 5.41) is 0. The lowest BCUT2D eigenvalue weighted by atomic mass is 9.95. The van der Waals surface area contributed by atoms with Gasteiger partial charge >= 0.3 is 0 Å². The van der Waals surface area contributed by atoms with E-state index >= 15 is 0 Å². The van der Waals surface area contributed by atoms with Gasteiger partial charge in [0, 0.05) is 0 Å². The van der Waals surface area contributed by atoms with Crippen LogP contribution >= 0.6 is 0 Å². The Hall–Kier alpha value is -1.30. The van der Waals surface area contributed by atoms with Crippen LogP contribution in [0.25, 0.3) is 0 Å². The van der Waals surface area contributed by atoms with Crippen molar-refractivity contribution >= 4 is 0 Å². The summed E-state index contributed by atoms with van der Waals surface area (Å²) >= 11 is 0. The topological polar surface area (TPSA) is 0 Å². The van der Waals surface area contributed by atoms with E-state index in [0.717, 1.165) is 6.42 Å². The molecule has 0 fully saturated rings. The SMILES string of the molecule is C=C1C(C)=CC=C1C1=C(C)C(C)=CC1. The van der Waals surface area contributed by atoms with E-state index in [9.17, 15) is 0 Å². The van der Waals surface area contributed by atoms with Crippen molar-refractivity contribution in [2.24, 2.45) is 0 Å². The summed E-state index contributed by atoms with van der Waals surface area (Å²) < 4.78 is 0. The Bertz CT molecular complexity index is 423. The number of allylic oxidation sites excluding steroid dienone is 9. The predicted octanol–water partition coefficient (Wildman–Crippen LogP) is 4.10. The van der Waals surface area contributed by atoms with Crippen molar-refractivity contribution in [2.75, 3.05) is 0 Å². The van der Waals surface area contributed by atoms with Crippen molar-refractivity contribution in [1.29, 1.82) is 0 Å². The molecule has 0 heterocycles. The normalized spacial score (nSPS) is 21.4. The van der Waals surface area contributed by atoms with Crippen molar-refractivity contribution in [3.63, 3.8) is 0 Å². The average Bonchev–Trinajstić information content (AvgIpc) is 2.63. The quantitative estimate of drug-likeness (QED) is 0.575. The Morgan fingerprint density at radius 1 is 1.07 bits per heavy atom. The molecule has 2 rings (SSSR count). The maximum absolute atomic E-state index is 4.13. The zero-order chi connectivity index (χ0) is 10.3. The van der Waals surface area contributed by atoms with Crippen molar-refractivity contribution in [2.45, 2.75) is 27.2 Å². The van der Waals surface area contributed by atoms with Crippen LogP contribution in [-0.2, 0) is 0 Å². The van der Waals surface area contributed by atoms with E-state index in [1.165, 1.54) is 33.4 Å². The van der Waals surface area contributed by atoms with Gasteiger partial charge < -0.3 is 0 Å². The molecule has 0 atom stereocenters. The molecule has 0 aromatic carbocycles. The maximum Gasteiger partial charge on any atom is -0.00827 e. The van der Waals surface area contributed by atoms with E-state index in [2.05, 4.69) is 45.6 Å². The molecule has 2 aliphatic rings. The molecule has 0 nitrogen and oxygen atoms in total. The summed E-state index contributed by atoms with van der Waals surface area (Å²) in [7, 11) is 0. The molecular formula is C14H16. The van der Waals surface area contributed by atoms with Gasteiger partial charge in [0.2, 0.25) is 0 Å². The van der Waals surface area contributed by atoms with Gasteiger partial charge in [-0.2, -0.15) is 0 Å². The first kappa shape index (κ1) is 9.26. The van der Waals surface area contributed by atoms with Crippen molar-refractivity contribution in [1.82, 2.24) is 0 Å². The largest absolute Gasteiger partial charge is 0.0909 e. The van der Waals surface area contributed by atoms with Crippen LogP contribution < -0.4 is 0 Å². The van der Waals surface area contributed by atoms with Crippen LogP contribution in [0.3, 0.4) is 0 Å². The molecular weight excluding hydrogens is 168 g/mol. The number of hydrogen-bond acceptors (Lipinski definition) is 0. The second kappa shape index (κ2) is 3.13. The fourth-order valence-electron chi connectivity index (χ4n) is 2.02. The molecule has 0 amide bonds. The summed E-state index contributed by atoms with van der Waals surface area (Å²) in [6, 6.07) is 0. The first-order valence-corrected chi connectivity index (χ1v) is 5.06. The Morgan fingerprint density at radius 2 is 1.79 bits per heavy atom. The standard InChI is InChI=1S/C14H16/c1-9-5-7-13(11(9)3)14-8-6-10(2)12(14)4/h5-7H,3,8H2,1-2,4H3. The predicted molar refractivity (Wildman–Crippen MR) is 62.1 cm³/mol. The molecule has 0 aromatic heterocycles. The summed E-state index contributed by atoms with van der Waals surface area (Å²) in [6.07, 6.45) is 7.73. The minimum Gasteiger partial charge on any atom is -0.0909 e. The molecule has 0 N–H and O–H groups in total. The van der Waals surface area contributed by atoms with Gasteiger partial charge in [0.05, 0.1) is 0 Å². The molecule has 0 saturated heterocycles. The summed E-state index contributed by atoms with van der Waals surface area (Å²) in [6.45, 7) is 10.6. The average molecular weight is 184 g/mol. The second-order valence-corrected chi connectivity index (χ2v) is 4.10. The van der Waals surface area contributed by atoms with E-state index in [1.54, 1.807) is 0 Å². The van der Waals surface area contributed by atoms with Gasteiger partial charge in [-0.05, 0) is 55.1 Å². The van der Waals surface area contributed by atoms with Gasteiger partial charge in [0.15, 0.2) is 0 Å². The van der Waals surface area contributed by atoms with Crippen molar-refractivity contribution < 1.29 is 0 Å². The summed E-state index contributed by atoms with van der Waals surface area (Å²) in [4.78, 5) is 0. The minimum absolute atomic E-state index is 1.07. The van der Waals surface area contributed by atoms with Crippen LogP contribution in [0.1, 0.15) is 27.2 Å². The minimum atomic E-state index is 1.07. The van der Waals surface area contributed by atoms with E-state index in [4.69, 9.17) is 0 Å². The molecule has 0 radical (unpaired) electrons. The zero-order valence-electron chi connectivity index (χ0n) is 9.15. The van der Waals surface area contributed by atoms with E-state index < -0.39 is 0 Å². The Labute approximate surface area is 86.0 Å². The Kier molecular flexibility index (Phi) is 2.07. The molecule has 0 spiro atoms. The van der Waals surface area contributed by atoms with Crippen LogP contribution in [-0.4, -0.2) is 0 Å². The van der Waals surface area contributed by atoms with E-state index in [-0.39, 0.29) is 0 Å². The zero-order valence-corrected chi connectivity index (χ0v) is 9.15. The van der Waals surface area contributed by atoms with Gasteiger partial charge in [0.1, 0.15) is 0 Å². The van der Waals surface area contributed by atoms with Gasteiger partial charge in [-0.1, -0.05) is 30.4 Å². The third-order valence-electron chi connectivity index (χ3n) is 3.28. The monoisotopic (exact) mass is 184 g/mol. The molecule has 0 aliphatic heterocycles. The highest BCUT2D eigenvalue weighted by Crippen LogP contribution is 2.37. The van der Waals surface area contributed by atoms with Gasteiger partial charge in [-0.25, -0.2) is 0 Å². The molecule has 2 aliphatic carbocycles. The molecule has 0 bridgehead atoms. The molecule has 0 saturated carbocycles. The van der Waals surface area contributed by atoms with Gasteiger partial charge in [0.25, 0.3) is 0 Å². The highest BCUT2D eigenvalue weighted by molar-refractivity contribution is 5.65. The van der Waals surface area contributed by atoms with Gasteiger partial charge in [-0.15, -0.1) is 0 Å².